The highest BCUT2D eigenvalue weighted by Gasteiger charge is 1.86. The van der Waals surface area contributed by atoms with Crippen LogP contribution < -0.4 is 5.73 Å². The Labute approximate surface area is 55.5 Å². The fourth-order valence-electron chi connectivity index (χ4n) is 0.822. The molecule has 0 heterocycles. The van der Waals surface area contributed by atoms with Crippen LogP contribution in [0.2, 0.25) is 0 Å². The van der Waals surface area contributed by atoms with Gasteiger partial charge in [-0.1, -0.05) is 29.8 Å². The van der Waals surface area contributed by atoms with Gasteiger partial charge >= 0.3 is 0 Å². The summed E-state index contributed by atoms with van der Waals surface area (Å²) < 4.78 is 0. The number of nitrogens with one attached hydrogen (secondary N) is 1. The molecule has 0 aliphatic carbocycles. The fourth-order valence-corrected chi connectivity index (χ4v) is 0.822. The van der Waals surface area contributed by atoms with Crippen molar-refractivity contribution >= 4 is 0 Å². The second kappa shape index (κ2) is 2.65. The molecule has 0 bridgehead atoms. The van der Waals surface area contributed by atoms with E-state index in [-0.39, 0.29) is 0 Å². The summed E-state index contributed by atoms with van der Waals surface area (Å²) in [5, 5.41) is 0. The van der Waals surface area contributed by atoms with E-state index in [1.165, 1.54) is 5.56 Å². The smallest absolute Gasteiger partial charge is 0.0351 e. The van der Waals surface area contributed by atoms with Crippen molar-refractivity contribution in [1.29, 1.82) is 0 Å². The predicted molar refractivity (Wildman–Crippen MR) is 38.0 cm³/mol. The van der Waals surface area contributed by atoms with Crippen molar-refractivity contribution in [2.24, 2.45) is 0 Å². The lowest BCUT2D eigenvalue weighted by molar-refractivity contribution is 1.02. The molecule has 1 rings (SSSR count). The van der Waals surface area contributed by atoms with Crippen LogP contribution in [0.15, 0.2) is 24.3 Å². The van der Waals surface area contributed by atoms with Crippen molar-refractivity contribution in [3.05, 3.63) is 35.4 Å². The quantitative estimate of drug-likeness (QED) is 0.539. The number of benzene rings is 1. The highest BCUT2D eigenvalue weighted by Crippen LogP contribution is 2.01. The third-order valence-electron chi connectivity index (χ3n) is 1.29. The molecule has 1 radical (unpaired) electrons. The van der Waals surface area contributed by atoms with Crippen LogP contribution in [0.3, 0.4) is 0 Å². The molecule has 1 aromatic rings. The molecule has 1 heteroatoms. The molecule has 0 spiro atoms. The Hall–Kier alpha value is -0.820. The predicted octanol–water partition coefficient (Wildman–Crippen LogP) is 1.78. The molecule has 0 fully saturated rings. The SMILES string of the molecule is Cc1cccc(C[NH])c1. The van der Waals surface area contributed by atoms with Gasteiger partial charge in [0.2, 0.25) is 0 Å². The van der Waals surface area contributed by atoms with E-state index in [4.69, 9.17) is 5.73 Å². The van der Waals surface area contributed by atoms with Crippen LogP contribution >= 0.6 is 0 Å². The van der Waals surface area contributed by atoms with Gasteiger partial charge in [0, 0.05) is 6.54 Å². The van der Waals surface area contributed by atoms with Crippen LogP contribution in [-0.2, 0) is 6.54 Å². The minimum atomic E-state index is 0.391. The number of hydrogen-bond donors (Lipinski definition) is 0. The maximum absolute atomic E-state index is 7.04. The van der Waals surface area contributed by atoms with Crippen molar-refractivity contribution in [2.45, 2.75) is 13.5 Å². The van der Waals surface area contributed by atoms with Gasteiger partial charge in [-0.3, -0.25) is 5.73 Å². The summed E-state index contributed by atoms with van der Waals surface area (Å²) in [6, 6.07) is 8.03. The van der Waals surface area contributed by atoms with Gasteiger partial charge in [0.15, 0.2) is 0 Å². The summed E-state index contributed by atoms with van der Waals surface area (Å²) in [5.74, 6) is 0. The van der Waals surface area contributed by atoms with Crippen LogP contribution in [-0.4, -0.2) is 0 Å². The Morgan fingerprint density at radius 3 is 2.67 bits per heavy atom. The second-order valence-corrected chi connectivity index (χ2v) is 2.17. The van der Waals surface area contributed by atoms with Gasteiger partial charge in [-0.25, -0.2) is 0 Å². The first-order chi connectivity index (χ1) is 4.33. The van der Waals surface area contributed by atoms with Crippen molar-refractivity contribution in [3.63, 3.8) is 0 Å². The van der Waals surface area contributed by atoms with Gasteiger partial charge in [0.25, 0.3) is 0 Å². The first kappa shape index (κ1) is 6.30. The number of aryl methyl sites for hydroxylation is 1. The zero-order valence-electron chi connectivity index (χ0n) is 5.52. The monoisotopic (exact) mass is 120 g/mol. The highest BCUT2D eigenvalue weighted by atomic mass is 14.5. The molecule has 1 nitrogen and oxygen atoms in total. The van der Waals surface area contributed by atoms with Crippen LogP contribution in [0.4, 0.5) is 0 Å². The summed E-state index contributed by atoms with van der Waals surface area (Å²) in [6.45, 7) is 2.43. The molecule has 1 N–H and O–H groups in total. The summed E-state index contributed by atoms with van der Waals surface area (Å²) in [4.78, 5) is 0. The van der Waals surface area contributed by atoms with E-state index in [2.05, 4.69) is 0 Å². The number of hydrogen-bond acceptors (Lipinski definition) is 0. The lowest BCUT2D eigenvalue weighted by Gasteiger charge is -1.94. The minimum absolute atomic E-state index is 0.391. The van der Waals surface area contributed by atoms with E-state index in [0.717, 1.165) is 5.56 Å². The highest BCUT2D eigenvalue weighted by molar-refractivity contribution is 5.21. The average molecular weight is 120 g/mol. The van der Waals surface area contributed by atoms with E-state index in [1.54, 1.807) is 0 Å². The molecule has 0 saturated heterocycles. The molecule has 9 heavy (non-hydrogen) atoms. The Balaban J connectivity index is 2.94. The molecule has 0 aliphatic rings. The molecule has 0 amide bonds. The van der Waals surface area contributed by atoms with Crippen molar-refractivity contribution in [3.8, 4) is 0 Å². The summed E-state index contributed by atoms with van der Waals surface area (Å²) in [7, 11) is 0. The Morgan fingerprint density at radius 1 is 1.44 bits per heavy atom. The first-order valence-corrected chi connectivity index (χ1v) is 3.03. The van der Waals surface area contributed by atoms with Gasteiger partial charge in [-0.15, -0.1) is 0 Å². The molecule has 1 aromatic carbocycles. The topological polar surface area (TPSA) is 23.8 Å². The molecule has 0 unspecified atom stereocenters. The lowest BCUT2D eigenvalue weighted by Crippen LogP contribution is -1.83. The number of rotatable bonds is 1. The Kier molecular flexibility index (Phi) is 1.85. The van der Waals surface area contributed by atoms with Crippen LogP contribution in [0.5, 0.6) is 0 Å². The first-order valence-electron chi connectivity index (χ1n) is 3.03. The lowest BCUT2D eigenvalue weighted by atomic mass is 10.1. The largest absolute Gasteiger partial charge is 0.253 e. The zero-order valence-corrected chi connectivity index (χ0v) is 5.52. The van der Waals surface area contributed by atoms with E-state index in [0.29, 0.717) is 6.54 Å². The van der Waals surface area contributed by atoms with Gasteiger partial charge in [0.1, 0.15) is 0 Å². The van der Waals surface area contributed by atoms with Gasteiger partial charge in [-0.2, -0.15) is 0 Å². The summed E-state index contributed by atoms with van der Waals surface area (Å²) in [5.41, 5.74) is 9.37. The van der Waals surface area contributed by atoms with Gasteiger partial charge in [-0.05, 0) is 12.5 Å². The molecular formula is C8H10N. The van der Waals surface area contributed by atoms with Crippen LogP contribution in [0.25, 0.3) is 0 Å². The molecular weight excluding hydrogens is 110 g/mol. The third-order valence-corrected chi connectivity index (χ3v) is 1.29. The molecule has 0 saturated carbocycles. The molecule has 0 atom stereocenters. The maximum Gasteiger partial charge on any atom is 0.0351 e. The Bertz CT molecular complexity index is 194. The Morgan fingerprint density at radius 2 is 2.22 bits per heavy atom. The molecule has 47 valence electrons. The van der Waals surface area contributed by atoms with Crippen LogP contribution in [0, 0.1) is 6.92 Å². The average Bonchev–Trinajstić information content (AvgIpc) is 1.88. The molecule has 0 aromatic heterocycles. The van der Waals surface area contributed by atoms with Gasteiger partial charge < -0.3 is 0 Å². The van der Waals surface area contributed by atoms with Crippen LogP contribution in [0.1, 0.15) is 11.1 Å². The van der Waals surface area contributed by atoms with E-state index in [9.17, 15) is 0 Å². The van der Waals surface area contributed by atoms with E-state index >= 15 is 0 Å². The molecule has 0 aliphatic heterocycles. The van der Waals surface area contributed by atoms with Crippen molar-refractivity contribution in [2.75, 3.05) is 0 Å². The zero-order chi connectivity index (χ0) is 6.69. The summed E-state index contributed by atoms with van der Waals surface area (Å²) in [6.07, 6.45) is 0. The minimum Gasteiger partial charge on any atom is -0.253 e. The van der Waals surface area contributed by atoms with Crippen molar-refractivity contribution in [1.82, 2.24) is 5.73 Å². The van der Waals surface area contributed by atoms with Crippen molar-refractivity contribution < 1.29 is 0 Å². The standard InChI is InChI=1S/C8H10N/c1-7-3-2-4-8(5-7)6-9/h2-5,9H,6H2,1H3. The third kappa shape index (κ3) is 1.54. The fraction of sp³-hybridized carbons (Fsp3) is 0.250. The normalized spacial score (nSPS) is 9.56. The van der Waals surface area contributed by atoms with Gasteiger partial charge in [0.05, 0.1) is 0 Å². The van der Waals surface area contributed by atoms with E-state index < -0.39 is 0 Å². The second-order valence-electron chi connectivity index (χ2n) is 2.17. The summed E-state index contributed by atoms with van der Waals surface area (Å²) >= 11 is 0. The maximum atomic E-state index is 7.04. The van der Waals surface area contributed by atoms with E-state index in [1.807, 2.05) is 31.2 Å².